The van der Waals surface area contributed by atoms with Gasteiger partial charge in [-0.15, -0.1) is 15.3 Å². The first-order chi connectivity index (χ1) is 14.9. The Labute approximate surface area is 179 Å². The minimum Gasteiger partial charge on any atom is -0.365 e. The number of aryl methyl sites for hydroxylation is 1. The van der Waals surface area contributed by atoms with Crippen LogP contribution in [0.2, 0.25) is 0 Å². The third-order valence-electron chi connectivity index (χ3n) is 4.65. The summed E-state index contributed by atoms with van der Waals surface area (Å²) in [5, 5.41) is 15.9. The molecule has 2 heterocycles. The smallest absolute Gasteiger partial charge is 0.240 e. The second-order valence-corrected chi connectivity index (χ2v) is 8.82. The molecule has 2 N–H and O–H groups in total. The molecule has 10 heteroatoms. The molecule has 0 unspecified atom stereocenters. The number of halogens is 1. The minimum atomic E-state index is -3.61. The first kappa shape index (κ1) is 20.9. The van der Waals surface area contributed by atoms with Gasteiger partial charge in [0.05, 0.1) is 4.90 Å². The predicted octanol–water partition coefficient (Wildman–Crippen LogP) is 2.70. The van der Waals surface area contributed by atoms with Crippen molar-refractivity contribution in [1.82, 2.24) is 24.5 Å². The number of hydrogen-bond acceptors (Lipinski definition) is 6. The molecule has 160 valence electrons. The lowest BCUT2D eigenvalue weighted by Gasteiger charge is -2.08. The van der Waals surface area contributed by atoms with Crippen LogP contribution in [0.5, 0.6) is 0 Å². The van der Waals surface area contributed by atoms with Crippen molar-refractivity contribution in [2.75, 3.05) is 11.9 Å². The molecule has 0 radical (unpaired) electrons. The second kappa shape index (κ2) is 8.78. The third-order valence-corrected chi connectivity index (χ3v) is 6.11. The lowest BCUT2D eigenvalue weighted by Crippen LogP contribution is -2.26. The van der Waals surface area contributed by atoms with Crippen LogP contribution in [0, 0.1) is 12.7 Å². The summed E-state index contributed by atoms with van der Waals surface area (Å²) in [5.74, 6) is 0.848. The molecule has 4 rings (SSSR count). The Bertz CT molecular complexity index is 1310. The summed E-state index contributed by atoms with van der Waals surface area (Å²) >= 11 is 0. The van der Waals surface area contributed by atoms with Crippen LogP contribution in [0.15, 0.2) is 65.6 Å². The van der Waals surface area contributed by atoms with Crippen LogP contribution < -0.4 is 10.0 Å². The minimum absolute atomic E-state index is 0.159. The maximum absolute atomic E-state index is 13.0. The molecule has 8 nitrogen and oxygen atoms in total. The number of hydrogen-bond donors (Lipinski definition) is 2. The van der Waals surface area contributed by atoms with Gasteiger partial charge in [-0.3, -0.25) is 0 Å². The Morgan fingerprint density at radius 3 is 2.61 bits per heavy atom. The summed E-state index contributed by atoms with van der Waals surface area (Å²) in [7, 11) is -3.61. The number of nitrogens with one attached hydrogen (secondary N) is 2. The second-order valence-electron chi connectivity index (χ2n) is 7.05. The zero-order valence-corrected chi connectivity index (χ0v) is 17.6. The molecule has 0 spiro atoms. The van der Waals surface area contributed by atoms with Gasteiger partial charge in [0.25, 0.3) is 0 Å². The van der Waals surface area contributed by atoms with Crippen LogP contribution in [-0.4, -0.2) is 34.8 Å². The van der Waals surface area contributed by atoms with Gasteiger partial charge in [0.1, 0.15) is 11.6 Å². The summed E-state index contributed by atoms with van der Waals surface area (Å²) < 4.78 is 42.1. The van der Waals surface area contributed by atoms with E-state index in [2.05, 4.69) is 25.3 Å². The van der Waals surface area contributed by atoms with Crippen molar-refractivity contribution in [3.8, 4) is 0 Å². The molecule has 0 amide bonds. The van der Waals surface area contributed by atoms with Crippen LogP contribution in [0.1, 0.15) is 17.0 Å². The maximum atomic E-state index is 13.0. The van der Waals surface area contributed by atoms with Gasteiger partial charge in [-0.1, -0.05) is 24.3 Å². The van der Waals surface area contributed by atoms with Crippen molar-refractivity contribution < 1.29 is 12.8 Å². The Morgan fingerprint density at radius 2 is 1.84 bits per heavy atom. The Balaban J connectivity index is 1.42. The molecule has 0 saturated carbocycles. The fraction of sp³-hybridized carbons (Fsp3) is 0.190. The first-order valence-electron chi connectivity index (χ1n) is 9.67. The van der Waals surface area contributed by atoms with Gasteiger partial charge in [-0.05, 0) is 54.4 Å². The number of rotatable bonds is 8. The van der Waals surface area contributed by atoms with Gasteiger partial charge >= 0.3 is 0 Å². The number of anilines is 1. The van der Waals surface area contributed by atoms with Crippen molar-refractivity contribution in [2.24, 2.45) is 0 Å². The third kappa shape index (κ3) is 5.04. The Kier molecular flexibility index (Phi) is 5.92. The average Bonchev–Trinajstić information content (AvgIpc) is 3.15. The van der Waals surface area contributed by atoms with E-state index >= 15 is 0 Å². The van der Waals surface area contributed by atoms with Gasteiger partial charge in [0.15, 0.2) is 11.5 Å². The van der Waals surface area contributed by atoms with Crippen LogP contribution in [0.25, 0.3) is 5.65 Å². The number of fused-ring (bicyclic) bond motifs is 1. The van der Waals surface area contributed by atoms with Crippen molar-refractivity contribution in [3.63, 3.8) is 0 Å². The van der Waals surface area contributed by atoms with Crippen molar-refractivity contribution in [2.45, 2.75) is 24.8 Å². The van der Waals surface area contributed by atoms with Crippen LogP contribution in [0.4, 0.5) is 10.2 Å². The number of sulfonamides is 1. The van der Waals surface area contributed by atoms with E-state index in [4.69, 9.17) is 0 Å². The summed E-state index contributed by atoms with van der Waals surface area (Å²) in [6.45, 7) is 2.48. The average molecular weight is 441 g/mol. The lowest BCUT2D eigenvalue weighted by atomic mass is 10.2. The van der Waals surface area contributed by atoms with Crippen molar-refractivity contribution in [1.29, 1.82) is 0 Å². The lowest BCUT2D eigenvalue weighted by molar-refractivity contribution is 0.580. The molecule has 0 aliphatic heterocycles. The van der Waals surface area contributed by atoms with Crippen LogP contribution in [0.3, 0.4) is 0 Å². The van der Waals surface area contributed by atoms with E-state index in [-0.39, 0.29) is 17.3 Å². The zero-order chi connectivity index (χ0) is 21.8. The maximum Gasteiger partial charge on any atom is 0.240 e. The predicted molar refractivity (Wildman–Crippen MR) is 115 cm³/mol. The molecule has 0 atom stereocenters. The summed E-state index contributed by atoms with van der Waals surface area (Å²) in [4.78, 5) is 0.226. The molecule has 0 saturated heterocycles. The summed E-state index contributed by atoms with van der Waals surface area (Å²) in [6, 6.07) is 16.5. The highest BCUT2D eigenvalue weighted by Crippen LogP contribution is 2.12. The van der Waals surface area contributed by atoms with E-state index in [1.807, 2.05) is 13.0 Å². The molecule has 4 aromatic rings. The molecule has 0 aliphatic carbocycles. The van der Waals surface area contributed by atoms with Gasteiger partial charge in [0, 0.05) is 19.5 Å². The highest BCUT2D eigenvalue weighted by molar-refractivity contribution is 7.89. The van der Waals surface area contributed by atoms with E-state index in [0.29, 0.717) is 30.3 Å². The van der Waals surface area contributed by atoms with E-state index < -0.39 is 10.0 Å². The monoisotopic (exact) mass is 440 g/mol. The molecule has 0 aliphatic rings. The van der Waals surface area contributed by atoms with E-state index in [0.717, 1.165) is 11.1 Å². The van der Waals surface area contributed by atoms with Crippen LogP contribution >= 0.6 is 0 Å². The highest BCUT2D eigenvalue weighted by atomic mass is 32.2. The largest absolute Gasteiger partial charge is 0.365 e. The standard InChI is InChI=1S/C21H21FN6O2S/c1-15-3-2-4-18(13-15)31(29,30)24-12-11-21-26-25-20-10-9-19(27-28(20)21)23-14-16-5-7-17(22)8-6-16/h2-10,13,24H,11-12,14H2,1H3,(H,23,27). The quantitative estimate of drug-likeness (QED) is 0.437. The van der Waals surface area contributed by atoms with Gasteiger partial charge < -0.3 is 5.32 Å². The number of benzene rings is 2. The molecule has 31 heavy (non-hydrogen) atoms. The van der Waals surface area contributed by atoms with Gasteiger partial charge in [-0.25, -0.2) is 17.5 Å². The van der Waals surface area contributed by atoms with E-state index in [1.165, 1.54) is 12.1 Å². The highest BCUT2D eigenvalue weighted by Gasteiger charge is 2.15. The fourth-order valence-corrected chi connectivity index (χ4v) is 4.18. The Hall–Kier alpha value is -3.37. The number of aromatic nitrogens is 4. The zero-order valence-electron chi connectivity index (χ0n) is 16.8. The van der Waals surface area contributed by atoms with Crippen molar-refractivity contribution >= 4 is 21.5 Å². The van der Waals surface area contributed by atoms with E-state index in [1.54, 1.807) is 47.0 Å². The SMILES string of the molecule is Cc1cccc(S(=O)(=O)NCCc2nnc3ccc(NCc4ccc(F)cc4)nn23)c1. The molecule has 0 fully saturated rings. The Morgan fingerprint density at radius 1 is 1.03 bits per heavy atom. The molecule has 2 aromatic carbocycles. The van der Waals surface area contributed by atoms with Gasteiger partial charge in [0.2, 0.25) is 10.0 Å². The normalized spacial score (nSPS) is 11.7. The summed E-state index contributed by atoms with van der Waals surface area (Å²) in [5.41, 5.74) is 2.35. The van der Waals surface area contributed by atoms with E-state index in [9.17, 15) is 12.8 Å². The first-order valence-corrected chi connectivity index (χ1v) is 11.1. The fourth-order valence-electron chi connectivity index (χ4n) is 3.04. The van der Waals surface area contributed by atoms with Gasteiger partial charge in [-0.2, -0.15) is 4.52 Å². The summed E-state index contributed by atoms with van der Waals surface area (Å²) in [6.07, 6.45) is 0.320. The topological polar surface area (TPSA) is 101 Å². The van der Waals surface area contributed by atoms with Crippen LogP contribution in [-0.2, 0) is 23.0 Å². The molecular weight excluding hydrogens is 419 g/mol. The molecule has 0 bridgehead atoms. The van der Waals surface area contributed by atoms with Crippen molar-refractivity contribution in [3.05, 3.63) is 83.4 Å². The number of nitrogens with zero attached hydrogens (tertiary/aromatic N) is 4. The molecular formula is C21H21FN6O2S. The molecule has 2 aromatic heterocycles.